The molecule has 5 aromatic rings. The Hall–Kier alpha value is -5.04. The number of carbonyl (C=O) groups excluding carboxylic acids is 2. The molecule has 7 nitrogen and oxygen atoms in total. The van der Waals surface area contributed by atoms with Gasteiger partial charge in [0.25, 0.3) is 5.91 Å². The number of nitrogens with zero attached hydrogens (tertiary/aromatic N) is 1. The highest BCUT2D eigenvalue weighted by atomic mass is 16.5. The number of ether oxygens (including phenoxy) is 2. The number of aliphatic hydroxyl groups is 1. The summed E-state index contributed by atoms with van der Waals surface area (Å²) in [5.41, 5.74) is 1.52. The van der Waals surface area contributed by atoms with Gasteiger partial charge in [-0.2, -0.15) is 0 Å². The summed E-state index contributed by atoms with van der Waals surface area (Å²) in [4.78, 5) is 29.1. The van der Waals surface area contributed by atoms with Crippen LogP contribution in [0.3, 0.4) is 0 Å². The molecule has 1 aliphatic rings. The van der Waals surface area contributed by atoms with E-state index in [4.69, 9.17) is 13.9 Å². The van der Waals surface area contributed by atoms with E-state index in [0.29, 0.717) is 33.7 Å². The molecule has 0 saturated heterocycles. The van der Waals surface area contributed by atoms with Crippen LogP contribution in [0.2, 0.25) is 0 Å². The molecule has 0 bridgehead atoms. The fraction of sp³-hybridized carbons (Fsp3) is 0.0968. The smallest absolute Gasteiger partial charge is 0.294 e. The summed E-state index contributed by atoms with van der Waals surface area (Å²) in [6, 6.07) is 26.4. The first-order valence-electron chi connectivity index (χ1n) is 12.0. The van der Waals surface area contributed by atoms with E-state index in [0.717, 1.165) is 10.8 Å². The Balaban J connectivity index is 1.57. The first kappa shape index (κ1) is 23.4. The number of hydrogen-bond acceptors (Lipinski definition) is 6. The molecule has 0 spiro atoms. The maximum atomic E-state index is 14.0. The van der Waals surface area contributed by atoms with Gasteiger partial charge >= 0.3 is 0 Å². The maximum absolute atomic E-state index is 14.0. The van der Waals surface area contributed by atoms with Gasteiger partial charge in [-0.3, -0.25) is 14.5 Å². The molecule has 2 heterocycles. The summed E-state index contributed by atoms with van der Waals surface area (Å²) in [6.45, 7) is 0. The number of rotatable bonds is 6. The molecule has 1 aliphatic heterocycles. The molecule has 0 radical (unpaired) electrons. The molecular weight excluding hydrogens is 482 g/mol. The van der Waals surface area contributed by atoms with Crippen molar-refractivity contribution in [2.24, 2.45) is 0 Å². The third-order valence-electron chi connectivity index (χ3n) is 6.85. The SMILES string of the molecule is COc1cccc(N2C(=O)C(O)=C(C(=O)c3cc4cccc(OC)c4o3)C2c2cccc3ccccc23)c1. The minimum absolute atomic E-state index is 0.00317. The zero-order valence-corrected chi connectivity index (χ0v) is 20.7. The zero-order chi connectivity index (χ0) is 26.4. The Morgan fingerprint density at radius 1 is 0.868 bits per heavy atom. The predicted octanol–water partition coefficient (Wildman–Crippen LogP) is 6.39. The van der Waals surface area contributed by atoms with Gasteiger partial charge in [0.1, 0.15) is 5.75 Å². The molecule has 1 unspecified atom stereocenters. The van der Waals surface area contributed by atoms with Crippen molar-refractivity contribution in [1.82, 2.24) is 0 Å². The van der Waals surface area contributed by atoms with E-state index in [1.165, 1.54) is 19.1 Å². The Labute approximate surface area is 218 Å². The lowest BCUT2D eigenvalue weighted by molar-refractivity contribution is -0.117. The fourth-order valence-electron chi connectivity index (χ4n) is 5.09. The largest absolute Gasteiger partial charge is 0.503 e. The third kappa shape index (κ3) is 3.59. The second-order valence-electron chi connectivity index (χ2n) is 8.93. The lowest BCUT2D eigenvalue weighted by Crippen LogP contribution is -2.31. The number of methoxy groups -OCH3 is 2. The number of benzene rings is 4. The standard InChI is InChI=1S/C31H23NO6/c1-36-21-12-7-11-20(17-21)32-27(23-14-5-9-18-8-3-4-13-22(18)23)26(29(34)31(32)35)28(33)25-16-19-10-6-15-24(37-2)30(19)38-25/h3-17,27,34H,1-2H3. The van der Waals surface area contributed by atoms with Crippen molar-refractivity contribution in [3.63, 3.8) is 0 Å². The summed E-state index contributed by atoms with van der Waals surface area (Å²) in [6.07, 6.45) is 0. The summed E-state index contributed by atoms with van der Waals surface area (Å²) in [5, 5.41) is 13.7. The van der Waals surface area contributed by atoms with Crippen LogP contribution in [0.5, 0.6) is 11.5 Å². The van der Waals surface area contributed by atoms with Gasteiger partial charge in [-0.1, -0.05) is 60.7 Å². The summed E-state index contributed by atoms with van der Waals surface area (Å²) in [7, 11) is 3.05. The van der Waals surface area contributed by atoms with E-state index in [1.807, 2.05) is 42.5 Å². The highest BCUT2D eigenvalue weighted by Gasteiger charge is 2.46. The van der Waals surface area contributed by atoms with E-state index in [1.54, 1.807) is 48.5 Å². The molecule has 38 heavy (non-hydrogen) atoms. The van der Waals surface area contributed by atoms with Crippen LogP contribution < -0.4 is 14.4 Å². The Morgan fingerprint density at radius 2 is 1.61 bits per heavy atom. The van der Waals surface area contributed by atoms with E-state index in [2.05, 4.69) is 0 Å². The van der Waals surface area contributed by atoms with Crippen molar-refractivity contribution in [1.29, 1.82) is 0 Å². The molecule has 0 saturated carbocycles. The van der Waals surface area contributed by atoms with Gasteiger partial charge < -0.3 is 19.0 Å². The number of carbonyl (C=O) groups is 2. The number of Topliss-reactive ketones (excluding diaryl/α,β-unsaturated/α-hetero) is 1. The molecule has 1 N–H and O–H groups in total. The van der Waals surface area contributed by atoms with Crippen LogP contribution in [-0.2, 0) is 4.79 Å². The number of amides is 1. The summed E-state index contributed by atoms with van der Waals surface area (Å²) < 4.78 is 16.7. The number of ketones is 1. The van der Waals surface area contributed by atoms with E-state index in [9.17, 15) is 14.7 Å². The highest BCUT2D eigenvalue weighted by molar-refractivity contribution is 6.21. The second-order valence-corrected chi connectivity index (χ2v) is 8.93. The molecule has 188 valence electrons. The second kappa shape index (κ2) is 9.12. The number of fused-ring (bicyclic) bond motifs is 2. The first-order valence-corrected chi connectivity index (χ1v) is 12.0. The Morgan fingerprint density at radius 3 is 2.42 bits per heavy atom. The van der Waals surface area contributed by atoms with Crippen molar-refractivity contribution in [2.45, 2.75) is 6.04 Å². The van der Waals surface area contributed by atoms with Crippen LogP contribution in [0.25, 0.3) is 21.7 Å². The quantitative estimate of drug-likeness (QED) is 0.269. The van der Waals surface area contributed by atoms with Crippen molar-refractivity contribution >= 4 is 39.1 Å². The highest BCUT2D eigenvalue weighted by Crippen LogP contribution is 2.45. The predicted molar refractivity (Wildman–Crippen MR) is 144 cm³/mol. The van der Waals surface area contributed by atoms with Gasteiger partial charge in [-0.15, -0.1) is 0 Å². The molecule has 6 rings (SSSR count). The van der Waals surface area contributed by atoms with Gasteiger partial charge in [0, 0.05) is 17.1 Å². The minimum Gasteiger partial charge on any atom is -0.503 e. The van der Waals surface area contributed by atoms with Crippen molar-refractivity contribution in [3.05, 3.63) is 114 Å². The molecule has 1 amide bonds. The van der Waals surface area contributed by atoms with Crippen LogP contribution >= 0.6 is 0 Å². The third-order valence-corrected chi connectivity index (χ3v) is 6.85. The lowest BCUT2D eigenvalue weighted by Gasteiger charge is -2.28. The molecule has 0 aliphatic carbocycles. The summed E-state index contributed by atoms with van der Waals surface area (Å²) in [5.74, 6) is -0.883. The first-order chi connectivity index (χ1) is 18.5. The average Bonchev–Trinajstić information content (AvgIpc) is 3.51. The maximum Gasteiger partial charge on any atom is 0.294 e. The number of aliphatic hydroxyl groups excluding tert-OH is 1. The fourth-order valence-corrected chi connectivity index (χ4v) is 5.09. The molecule has 1 aromatic heterocycles. The Bertz CT molecular complexity index is 1760. The molecule has 0 fully saturated rings. The van der Waals surface area contributed by atoms with Crippen molar-refractivity contribution < 1.29 is 28.6 Å². The van der Waals surface area contributed by atoms with E-state index >= 15 is 0 Å². The van der Waals surface area contributed by atoms with Crippen LogP contribution in [0.15, 0.2) is 107 Å². The average molecular weight is 506 g/mol. The number of anilines is 1. The Kier molecular flexibility index (Phi) is 5.61. The van der Waals surface area contributed by atoms with Crippen LogP contribution in [0, 0.1) is 0 Å². The normalized spacial score (nSPS) is 15.5. The number of furan rings is 1. The number of hydrogen-bond donors (Lipinski definition) is 1. The molecule has 1 atom stereocenters. The topological polar surface area (TPSA) is 89.2 Å². The van der Waals surface area contributed by atoms with Crippen molar-refractivity contribution in [3.8, 4) is 11.5 Å². The van der Waals surface area contributed by atoms with Gasteiger partial charge in [0.2, 0.25) is 5.78 Å². The van der Waals surface area contributed by atoms with Gasteiger partial charge in [0.05, 0.1) is 25.8 Å². The molecule has 4 aromatic carbocycles. The van der Waals surface area contributed by atoms with E-state index in [-0.39, 0.29) is 11.3 Å². The van der Waals surface area contributed by atoms with Crippen LogP contribution in [0.1, 0.15) is 22.2 Å². The van der Waals surface area contributed by atoms with Gasteiger partial charge in [-0.25, -0.2) is 0 Å². The van der Waals surface area contributed by atoms with Crippen LogP contribution in [-0.4, -0.2) is 31.0 Å². The van der Waals surface area contributed by atoms with Gasteiger partial charge in [-0.05, 0) is 40.6 Å². The summed E-state index contributed by atoms with van der Waals surface area (Å²) >= 11 is 0. The molecule has 7 heteroatoms. The van der Waals surface area contributed by atoms with Gasteiger partial charge in [0.15, 0.2) is 22.9 Å². The van der Waals surface area contributed by atoms with E-state index < -0.39 is 23.5 Å². The number of para-hydroxylation sites is 1. The van der Waals surface area contributed by atoms with Crippen LogP contribution in [0.4, 0.5) is 5.69 Å². The zero-order valence-electron chi connectivity index (χ0n) is 20.7. The molecular formula is C31H23NO6. The lowest BCUT2D eigenvalue weighted by atomic mass is 9.91. The minimum atomic E-state index is -0.914. The van der Waals surface area contributed by atoms with Crippen molar-refractivity contribution in [2.75, 3.05) is 19.1 Å². The monoisotopic (exact) mass is 505 g/mol.